The molecular weight excluding hydrogens is 200 g/mol. The van der Waals surface area contributed by atoms with Crippen molar-refractivity contribution in [3.63, 3.8) is 0 Å². The molecule has 0 aromatic carbocycles. The van der Waals surface area contributed by atoms with E-state index in [1.807, 2.05) is 13.8 Å². The van der Waals surface area contributed by atoms with Crippen LogP contribution in [0.5, 0.6) is 0 Å². The molecule has 0 saturated carbocycles. The Labute approximate surface area is 99.6 Å². The van der Waals surface area contributed by atoms with Gasteiger partial charge >= 0.3 is 0 Å². The Morgan fingerprint density at radius 3 is 2.12 bits per heavy atom. The average Bonchev–Trinajstić information content (AvgIpc) is 1.97. The first-order chi connectivity index (χ1) is 7.25. The lowest BCUT2D eigenvalue weighted by molar-refractivity contribution is -0.137. The van der Waals surface area contributed by atoms with Crippen molar-refractivity contribution in [3.8, 4) is 0 Å². The second-order valence-electron chi connectivity index (χ2n) is 6.09. The third kappa shape index (κ3) is 2.76. The molecule has 0 atom stereocenters. The second kappa shape index (κ2) is 4.74. The third-order valence-corrected chi connectivity index (χ3v) is 3.67. The molecule has 1 N–H and O–H groups in total. The van der Waals surface area contributed by atoms with E-state index in [1.54, 1.807) is 0 Å². The van der Waals surface area contributed by atoms with Crippen LogP contribution in [0.4, 0.5) is 0 Å². The van der Waals surface area contributed by atoms with Crippen molar-refractivity contribution in [2.24, 2.45) is 11.3 Å². The van der Waals surface area contributed by atoms with Crippen molar-refractivity contribution < 1.29 is 4.79 Å². The highest BCUT2D eigenvalue weighted by Gasteiger charge is 2.44. The first-order valence-corrected chi connectivity index (χ1v) is 6.30. The number of nitrogens with one attached hydrogen (secondary N) is 1. The summed E-state index contributed by atoms with van der Waals surface area (Å²) in [6.07, 6.45) is 0. The predicted octanol–water partition coefficient (Wildman–Crippen LogP) is 1.88. The molecule has 3 heteroatoms. The van der Waals surface area contributed by atoms with Crippen LogP contribution in [0.1, 0.15) is 41.5 Å². The number of amides is 1. The van der Waals surface area contributed by atoms with Crippen molar-refractivity contribution in [2.75, 3.05) is 13.1 Å². The minimum absolute atomic E-state index is 0.191. The van der Waals surface area contributed by atoms with Gasteiger partial charge in [-0.15, -0.1) is 0 Å². The van der Waals surface area contributed by atoms with Crippen LogP contribution in [-0.2, 0) is 4.79 Å². The van der Waals surface area contributed by atoms with Crippen LogP contribution in [0, 0.1) is 11.3 Å². The highest BCUT2D eigenvalue weighted by Crippen LogP contribution is 2.35. The first kappa shape index (κ1) is 13.5. The van der Waals surface area contributed by atoms with Crippen molar-refractivity contribution in [1.29, 1.82) is 0 Å². The van der Waals surface area contributed by atoms with E-state index in [0.29, 0.717) is 12.0 Å². The molecule has 1 fully saturated rings. The van der Waals surface area contributed by atoms with E-state index in [9.17, 15) is 4.79 Å². The molecule has 1 heterocycles. The monoisotopic (exact) mass is 226 g/mol. The van der Waals surface area contributed by atoms with Crippen LogP contribution in [0.15, 0.2) is 0 Å². The molecule has 0 radical (unpaired) electrons. The van der Waals surface area contributed by atoms with Gasteiger partial charge < -0.3 is 10.2 Å². The largest absolute Gasteiger partial charge is 0.353 e. The predicted molar refractivity (Wildman–Crippen MR) is 67.3 cm³/mol. The Morgan fingerprint density at radius 2 is 1.75 bits per heavy atom. The van der Waals surface area contributed by atoms with Gasteiger partial charge in [0.1, 0.15) is 0 Å². The molecule has 1 aliphatic rings. The molecule has 0 aromatic heterocycles. The van der Waals surface area contributed by atoms with E-state index in [1.165, 1.54) is 0 Å². The SMILES string of the molecule is CC(C)NC(=O)C(C)(C)C1CN(C(C)C)C1. The summed E-state index contributed by atoms with van der Waals surface area (Å²) in [5.74, 6) is 0.685. The maximum Gasteiger partial charge on any atom is 0.226 e. The van der Waals surface area contributed by atoms with Crippen LogP contribution >= 0.6 is 0 Å². The van der Waals surface area contributed by atoms with E-state index >= 15 is 0 Å². The molecule has 0 aliphatic carbocycles. The summed E-state index contributed by atoms with van der Waals surface area (Å²) < 4.78 is 0. The smallest absolute Gasteiger partial charge is 0.226 e. The third-order valence-electron chi connectivity index (χ3n) is 3.67. The van der Waals surface area contributed by atoms with E-state index in [2.05, 4.69) is 37.9 Å². The number of carbonyl (C=O) groups is 1. The lowest BCUT2D eigenvalue weighted by Crippen LogP contribution is -2.59. The van der Waals surface area contributed by atoms with E-state index < -0.39 is 0 Å². The van der Waals surface area contributed by atoms with Crippen molar-refractivity contribution in [1.82, 2.24) is 10.2 Å². The van der Waals surface area contributed by atoms with E-state index in [-0.39, 0.29) is 17.4 Å². The van der Waals surface area contributed by atoms with Crippen molar-refractivity contribution in [3.05, 3.63) is 0 Å². The van der Waals surface area contributed by atoms with Crippen molar-refractivity contribution in [2.45, 2.75) is 53.6 Å². The number of rotatable bonds is 4. The molecule has 3 nitrogen and oxygen atoms in total. The Kier molecular flexibility index (Phi) is 4.00. The fourth-order valence-electron chi connectivity index (χ4n) is 2.02. The maximum atomic E-state index is 12.1. The molecule has 0 unspecified atom stereocenters. The topological polar surface area (TPSA) is 32.3 Å². The minimum Gasteiger partial charge on any atom is -0.353 e. The highest BCUT2D eigenvalue weighted by molar-refractivity contribution is 5.82. The van der Waals surface area contributed by atoms with Gasteiger partial charge in [-0.25, -0.2) is 0 Å². The molecule has 94 valence electrons. The summed E-state index contributed by atoms with van der Waals surface area (Å²) in [5.41, 5.74) is -0.240. The number of nitrogens with zero attached hydrogens (tertiary/aromatic N) is 1. The first-order valence-electron chi connectivity index (χ1n) is 6.30. The van der Waals surface area contributed by atoms with Gasteiger partial charge in [0.2, 0.25) is 5.91 Å². The Hall–Kier alpha value is -0.570. The van der Waals surface area contributed by atoms with Crippen LogP contribution in [0.2, 0.25) is 0 Å². The summed E-state index contributed by atoms with van der Waals surface area (Å²) in [4.78, 5) is 14.5. The number of hydrogen-bond acceptors (Lipinski definition) is 2. The number of carbonyl (C=O) groups excluding carboxylic acids is 1. The number of likely N-dealkylation sites (tertiary alicyclic amines) is 1. The van der Waals surface area contributed by atoms with Gasteiger partial charge in [-0.2, -0.15) is 0 Å². The summed E-state index contributed by atoms with van der Waals surface area (Å²) in [6.45, 7) is 14.7. The van der Waals surface area contributed by atoms with Crippen LogP contribution in [0.25, 0.3) is 0 Å². The molecular formula is C13H26N2O. The summed E-state index contributed by atoms with van der Waals surface area (Å²) in [6, 6.07) is 0.827. The minimum atomic E-state index is -0.240. The molecule has 1 saturated heterocycles. The van der Waals surface area contributed by atoms with Gasteiger partial charge in [0.25, 0.3) is 0 Å². The molecule has 0 bridgehead atoms. The standard InChI is InChI=1S/C13H26N2O/c1-9(2)14-12(16)13(5,6)11-7-15(8-11)10(3)4/h9-11H,7-8H2,1-6H3,(H,14,16). The van der Waals surface area contributed by atoms with Gasteiger partial charge in [-0.05, 0) is 33.6 Å². The summed E-state index contributed by atoms with van der Waals surface area (Å²) in [7, 11) is 0. The zero-order chi connectivity index (χ0) is 12.5. The molecule has 1 amide bonds. The average molecular weight is 226 g/mol. The van der Waals surface area contributed by atoms with Crippen molar-refractivity contribution >= 4 is 5.91 Å². The Morgan fingerprint density at radius 1 is 1.25 bits per heavy atom. The van der Waals surface area contributed by atoms with Crippen LogP contribution < -0.4 is 5.32 Å². The fourth-order valence-corrected chi connectivity index (χ4v) is 2.02. The normalized spacial score (nSPS) is 19.0. The zero-order valence-corrected chi connectivity index (χ0v) is 11.5. The molecule has 0 spiro atoms. The van der Waals surface area contributed by atoms with E-state index in [0.717, 1.165) is 13.1 Å². The van der Waals surface area contributed by atoms with Gasteiger partial charge in [0, 0.05) is 30.6 Å². The number of hydrogen-bond donors (Lipinski definition) is 1. The molecule has 1 rings (SSSR count). The zero-order valence-electron chi connectivity index (χ0n) is 11.5. The van der Waals surface area contributed by atoms with Crippen LogP contribution in [0.3, 0.4) is 0 Å². The lowest BCUT2D eigenvalue weighted by Gasteiger charge is -2.48. The highest BCUT2D eigenvalue weighted by atomic mass is 16.2. The Bertz CT molecular complexity index is 253. The Balaban J connectivity index is 2.50. The quantitative estimate of drug-likeness (QED) is 0.794. The fraction of sp³-hybridized carbons (Fsp3) is 0.923. The molecule has 1 aliphatic heterocycles. The molecule has 16 heavy (non-hydrogen) atoms. The van der Waals surface area contributed by atoms with E-state index in [4.69, 9.17) is 0 Å². The van der Waals surface area contributed by atoms with Gasteiger partial charge in [-0.3, -0.25) is 4.79 Å². The van der Waals surface area contributed by atoms with Gasteiger partial charge in [-0.1, -0.05) is 13.8 Å². The summed E-state index contributed by atoms with van der Waals surface area (Å²) >= 11 is 0. The van der Waals surface area contributed by atoms with Gasteiger partial charge in [0.05, 0.1) is 0 Å². The van der Waals surface area contributed by atoms with Gasteiger partial charge in [0.15, 0.2) is 0 Å². The molecule has 0 aromatic rings. The lowest BCUT2D eigenvalue weighted by atomic mass is 9.73. The second-order valence-corrected chi connectivity index (χ2v) is 6.09. The maximum absolute atomic E-state index is 12.1. The van der Waals surface area contributed by atoms with Crippen LogP contribution in [-0.4, -0.2) is 36.0 Å². The summed E-state index contributed by atoms with van der Waals surface area (Å²) in [5, 5.41) is 3.02.